The number of rotatable bonds is 7. The number of carbonyl (C=O) groups excluding carboxylic acids is 1. The zero-order valence-corrected chi connectivity index (χ0v) is 13.9. The highest BCUT2D eigenvalue weighted by atomic mass is 16.5. The van der Waals surface area contributed by atoms with Crippen molar-refractivity contribution in [3.8, 4) is 5.75 Å². The SMILES string of the molecule is CCc1ccc(NCC(=O)NC(C)c2ccccc2OC)cc1. The highest BCUT2D eigenvalue weighted by molar-refractivity contribution is 5.81. The quantitative estimate of drug-likeness (QED) is 0.822. The van der Waals surface area contributed by atoms with Crippen molar-refractivity contribution in [2.45, 2.75) is 26.3 Å². The molecule has 0 aliphatic heterocycles. The maximum Gasteiger partial charge on any atom is 0.239 e. The van der Waals surface area contributed by atoms with Gasteiger partial charge in [-0.3, -0.25) is 4.79 Å². The minimum absolute atomic E-state index is 0.0528. The van der Waals surface area contributed by atoms with Crippen LogP contribution in [0.15, 0.2) is 48.5 Å². The van der Waals surface area contributed by atoms with Crippen molar-refractivity contribution < 1.29 is 9.53 Å². The Balaban J connectivity index is 1.88. The third-order valence-electron chi connectivity index (χ3n) is 3.80. The maximum absolute atomic E-state index is 12.1. The molecule has 1 atom stereocenters. The van der Waals surface area contributed by atoms with Crippen LogP contribution in [0, 0.1) is 0 Å². The number of aryl methyl sites for hydroxylation is 1. The highest BCUT2D eigenvalue weighted by Gasteiger charge is 2.13. The Morgan fingerprint density at radius 3 is 2.48 bits per heavy atom. The Bertz CT molecular complexity index is 638. The number of benzene rings is 2. The molecule has 0 aliphatic carbocycles. The molecule has 2 aromatic carbocycles. The first-order valence-electron chi connectivity index (χ1n) is 7.89. The fourth-order valence-corrected chi connectivity index (χ4v) is 2.44. The smallest absolute Gasteiger partial charge is 0.239 e. The Kier molecular flexibility index (Phi) is 6.03. The molecule has 0 spiro atoms. The van der Waals surface area contributed by atoms with E-state index >= 15 is 0 Å². The summed E-state index contributed by atoms with van der Waals surface area (Å²) < 4.78 is 5.33. The number of hydrogen-bond acceptors (Lipinski definition) is 3. The molecule has 0 fully saturated rings. The lowest BCUT2D eigenvalue weighted by atomic mass is 10.1. The molecule has 1 amide bonds. The Morgan fingerprint density at radius 2 is 1.83 bits per heavy atom. The van der Waals surface area contributed by atoms with Crippen molar-refractivity contribution in [1.82, 2.24) is 5.32 Å². The predicted octanol–water partition coefficient (Wildman–Crippen LogP) is 3.55. The molecule has 0 radical (unpaired) electrons. The van der Waals surface area contributed by atoms with Crippen molar-refractivity contribution in [3.05, 3.63) is 59.7 Å². The average Bonchev–Trinajstić information content (AvgIpc) is 2.60. The molecule has 0 aromatic heterocycles. The van der Waals surface area contributed by atoms with Gasteiger partial charge in [0.1, 0.15) is 5.75 Å². The first-order chi connectivity index (χ1) is 11.1. The van der Waals surface area contributed by atoms with E-state index in [1.807, 2.05) is 43.3 Å². The van der Waals surface area contributed by atoms with Crippen molar-refractivity contribution in [1.29, 1.82) is 0 Å². The van der Waals surface area contributed by atoms with E-state index in [4.69, 9.17) is 4.74 Å². The first kappa shape index (κ1) is 16.9. The van der Waals surface area contributed by atoms with Gasteiger partial charge in [-0.05, 0) is 37.1 Å². The number of anilines is 1. The molecule has 0 saturated carbocycles. The second kappa shape index (κ2) is 8.22. The van der Waals surface area contributed by atoms with E-state index in [2.05, 4.69) is 29.7 Å². The molecular weight excluding hydrogens is 288 g/mol. The van der Waals surface area contributed by atoms with Crippen LogP contribution in [0.2, 0.25) is 0 Å². The van der Waals surface area contributed by atoms with Crippen LogP contribution in [0.25, 0.3) is 0 Å². The van der Waals surface area contributed by atoms with Crippen molar-refractivity contribution in [3.63, 3.8) is 0 Å². The lowest BCUT2D eigenvalue weighted by Crippen LogP contribution is -2.32. The summed E-state index contributed by atoms with van der Waals surface area (Å²) in [5.41, 5.74) is 3.20. The standard InChI is InChI=1S/C19H24N2O2/c1-4-15-9-11-16(12-10-15)20-13-19(22)21-14(2)17-7-5-6-8-18(17)23-3/h5-12,14,20H,4,13H2,1-3H3,(H,21,22). The van der Waals surface area contributed by atoms with E-state index in [1.54, 1.807) is 7.11 Å². The third kappa shape index (κ3) is 4.74. The molecule has 4 nitrogen and oxygen atoms in total. The molecule has 0 bridgehead atoms. The topological polar surface area (TPSA) is 50.4 Å². The van der Waals surface area contributed by atoms with E-state index < -0.39 is 0 Å². The van der Waals surface area contributed by atoms with Crippen molar-refractivity contribution in [2.24, 2.45) is 0 Å². The van der Waals surface area contributed by atoms with Gasteiger partial charge in [0.15, 0.2) is 0 Å². The average molecular weight is 312 g/mol. The van der Waals surface area contributed by atoms with Crippen LogP contribution in [-0.2, 0) is 11.2 Å². The molecule has 4 heteroatoms. The van der Waals surface area contributed by atoms with Gasteiger partial charge in [0.2, 0.25) is 5.91 Å². The zero-order valence-electron chi connectivity index (χ0n) is 13.9. The molecule has 23 heavy (non-hydrogen) atoms. The van der Waals surface area contributed by atoms with Gasteiger partial charge in [0.25, 0.3) is 0 Å². The molecule has 0 saturated heterocycles. The number of hydrogen-bond donors (Lipinski definition) is 2. The van der Waals surface area contributed by atoms with Gasteiger partial charge in [-0.15, -0.1) is 0 Å². The van der Waals surface area contributed by atoms with Crippen LogP contribution in [0.3, 0.4) is 0 Å². The lowest BCUT2D eigenvalue weighted by molar-refractivity contribution is -0.120. The Hall–Kier alpha value is -2.49. The summed E-state index contributed by atoms with van der Waals surface area (Å²) in [7, 11) is 1.63. The number of methoxy groups -OCH3 is 1. The number of nitrogens with one attached hydrogen (secondary N) is 2. The van der Waals surface area contributed by atoms with Gasteiger partial charge in [-0.1, -0.05) is 37.3 Å². The summed E-state index contributed by atoms with van der Waals surface area (Å²) in [6, 6.07) is 15.7. The fraction of sp³-hybridized carbons (Fsp3) is 0.316. The number of amides is 1. The Labute approximate surface area is 137 Å². The van der Waals surface area contributed by atoms with Crippen molar-refractivity contribution in [2.75, 3.05) is 19.0 Å². The lowest BCUT2D eigenvalue weighted by Gasteiger charge is -2.17. The van der Waals surface area contributed by atoms with Crippen LogP contribution in [0.1, 0.15) is 31.0 Å². The van der Waals surface area contributed by atoms with Gasteiger partial charge in [0, 0.05) is 11.3 Å². The molecule has 2 N–H and O–H groups in total. The number of carbonyl (C=O) groups is 1. The molecular formula is C19H24N2O2. The van der Waals surface area contributed by atoms with Gasteiger partial charge in [-0.2, -0.15) is 0 Å². The number of para-hydroxylation sites is 1. The van der Waals surface area contributed by atoms with Crippen LogP contribution < -0.4 is 15.4 Å². The second-order valence-corrected chi connectivity index (χ2v) is 5.44. The van der Waals surface area contributed by atoms with Gasteiger partial charge >= 0.3 is 0 Å². The van der Waals surface area contributed by atoms with Gasteiger partial charge < -0.3 is 15.4 Å². The van der Waals surface area contributed by atoms with Crippen LogP contribution in [0.5, 0.6) is 5.75 Å². The predicted molar refractivity (Wildman–Crippen MR) is 93.9 cm³/mol. The number of ether oxygens (including phenoxy) is 1. The molecule has 0 heterocycles. The molecule has 0 aliphatic rings. The van der Waals surface area contributed by atoms with Crippen LogP contribution in [-0.4, -0.2) is 19.6 Å². The molecule has 2 rings (SSSR count). The molecule has 122 valence electrons. The van der Waals surface area contributed by atoms with Gasteiger partial charge in [0.05, 0.1) is 19.7 Å². The summed E-state index contributed by atoms with van der Waals surface area (Å²) in [4.78, 5) is 12.1. The van der Waals surface area contributed by atoms with Gasteiger partial charge in [-0.25, -0.2) is 0 Å². The van der Waals surface area contributed by atoms with E-state index in [9.17, 15) is 4.79 Å². The maximum atomic E-state index is 12.1. The monoisotopic (exact) mass is 312 g/mol. The summed E-state index contributed by atoms with van der Waals surface area (Å²) in [6.07, 6.45) is 1.01. The zero-order chi connectivity index (χ0) is 16.7. The fourth-order valence-electron chi connectivity index (χ4n) is 2.44. The molecule has 2 aromatic rings. The van der Waals surface area contributed by atoms with Crippen LogP contribution >= 0.6 is 0 Å². The molecule has 1 unspecified atom stereocenters. The van der Waals surface area contributed by atoms with E-state index in [0.717, 1.165) is 23.4 Å². The van der Waals surface area contributed by atoms with Crippen molar-refractivity contribution >= 4 is 11.6 Å². The summed E-state index contributed by atoms with van der Waals surface area (Å²) in [5, 5.41) is 6.12. The summed E-state index contributed by atoms with van der Waals surface area (Å²) >= 11 is 0. The minimum atomic E-state index is -0.108. The first-order valence-corrected chi connectivity index (χ1v) is 7.89. The minimum Gasteiger partial charge on any atom is -0.496 e. The van der Waals surface area contributed by atoms with E-state index in [-0.39, 0.29) is 18.5 Å². The third-order valence-corrected chi connectivity index (χ3v) is 3.80. The summed E-state index contributed by atoms with van der Waals surface area (Å²) in [5.74, 6) is 0.728. The normalized spacial score (nSPS) is 11.6. The van der Waals surface area contributed by atoms with Crippen LogP contribution in [0.4, 0.5) is 5.69 Å². The largest absolute Gasteiger partial charge is 0.496 e. The van der Waals surface area contributed by atoms with E-state index in [0.29, 0.717) is 0 Å². The highest BCUT2D eigenvalue weighted by Crippen LogP contribution is 2.24. The van der Waals surface area contributed by atoms with E-state index in [1.165, 1.54) is 5.56 Å². The summed E-state index contributed by atoms with van der Waals surface area (Å²) in [6.45, 7) is 4.31. The second-order valence-electron chi connectivity index (χ2n) is 5.44. The Morgan fingerprint density at radius 1 is 1.13 bits per heavy atom.